The highest BCUT2D eigenvalue weighted by Gasteiger charge is 2.37. The summed E-state index contributed by atoms with van der Waals surface area (Å²) in [6.45, 7) is 0. The number of aromatic amines is 1. The summed E-state index contributed by atoms with van der Waals surface area (Å²) in [4.78, 5) is 24.5. The van der Waals surface area contributed by atoms with Gasteiger partial charge in [0, 0.05) is 5.02 Å². The number of nitrogens with one attached hydrogen (secondary N) is 3. The van der Waals surface area contributed by atoms with E-state index in [2.05, 4.69) is 15.0 Å². The summed E-state index contributed by atoms with van der Waals surface area (Å²) in [5.41, 5.74) is 4.20. The number of carbonyl (C=O) groups excluding carboxylic acids is 1. The van der Waals surface area contributed by atoms with Gasteiger partial charge in [0.25, 0.3) is 0 Å². The zero-order valence-corrected chi connectivity index (χ0v) is 21.1. The van der Waals surface area contributed by atoms with Crippen molar-refractivity contribution >= 4 is 65.2 Å². The molecule has 0 aliphatic carbocycles. The number of nitrogens with zero attached hydrogens (tertiary/aromatic N) is 2. The fraction of sp³-hybridized carbons (Fsp3) is 0.160. The molecule has 2 atom stereocenters. The molecule has 0 saturated carbocycles. The van der Waals surface area contributed by atoms with Crippen molar-refractivity contribution < 1.29 is 13.2 Å². The van der Waals surface area contributed by atoms with E-state index in [4.69, 9.17) is 21.6 Å². The number of sulfonamides is 1. The molecule has 0 unspecified atom stereocenters. The van der Waals surface area contributed by atoms with Gasteiger partial charge in [-0.2, -0.15) is 0 Å². The highest BCUT2D eigenvalue weighted by Crippen LogP contribution is 2.33. The van der Waals surface area contributed by atoms with Crippen molar-refractivity contribution in [2.75, 3.05) is 5.32 Å². The Morgan fingerprint density at radius 2 is 1.86 bits per heavy atom. The number of thiazole rings is 1. The Morgan fingerprint density at radius 1 is 1.06 bits per heavy atom. The molecule has 36 heavy (non-hydrogen) atoms. The summed E-state index contributed by atoms with van der Waals surface area (Å²) in [6.07, 6.45) is 0.512. The van der Waals surface area contributed by atoms with Crippen LogP contribution in [-0.4, -0.2) is 29.3 Å². The Hall–Kier alpha value is -3.47. The van der Waals surface area contributed by atoms with Gasteiger partial charge in [0.2, 0.25) is 15.9 Å². The van der Waals surface area contributed by atoms with Crippen LogP contribution in [0.25, 0.3) is 21.3 Å². The maximum atomic E-state index is 12.2. The number of hydrogen-bond donors (Lipinski definition) is 3. The number of benzene rings is 3. The van der Waals surface area contributed by atoms with Crippen LogP contribution in [0, 0.1) is 0 Å². The van der Waals surface area contributed by atoms with Crippen LogP contribution in [0.1, 0.15) is 34.7 Å². The smallest absolute Gasteiger partial charge is 0.242 e. The number of imidazole rings is 1. The average molecular weight is 538 g/mol. The van der Waals surface area contributed by atoms with E-state index in [-0.39, 0.29) is 12.5 Å². The standard InChI is InChI=1S/C25H20ClN5O3S2/c26-16-9-10-21-19(12-16)29-25(35-21)30-20(24-27-17-3-1-2-4-18(17)28-24)11-14-5-7-15(8-6-14)22-13-23(32)31-36(22,33)34/h1-10,12,20,22H,11,13H2,(H,27,28)(H,29,30)(H,31,32)/t20-,22-/m0/s1. The van der Waals surface area contributed by atoms with Crippen LogP contribution in [0.5, 0.6) is 0 Å². The first-order chi connectivity index (χ1) is 17.3. The highest BCUT2D eigenvalue weighted by atomic mass is 35.5. The van der Waals surface area contributed by atoms with Gasteiger partial charge in [0.05, 0.1) is 33.7 Å². The Morgan fingerprint density at radius 3 is 2.61 bits per heavy atom. The Kier molecular flexibility index (Phi) is 5.66. The van der Waals surface area contributed by atoms with E-state index in [1.54, 1.807) is 12.1 Å². The predicted molar refractivity (Wildman–Crippen MR) is 142 cm³/mol. The topological polar surface area (TPSA) is 117 Å². The summed E-state index contributed by atoms with van der Waals surface area (Å²) in [6, 6.07) is 20.6. The third-order valence-corrected chi connectivity index (χ3v) is 9.08. The van der Waals surface area contributed by atoms with Gasteiger partial charge in [-0.3, -0.25) is 9.52 Å². The number of aromatic nitrogens is 3. The van der Waals surface area contributed by atoms with Crippen molar-refractivity contribution in [2.24, 2.45) is 0 Å². The lowest BCUT2D eigenvalue weighted by Gasteiger charge is -2.17. The molecule has 1 aliphatic heterocycles. The SMILES string of the molecule is O=C1C[C@@H](c2ccc(C[C@H](Nc3nc4cc(Cl)ccc4s3)c3nc4ccccc4[nH]3)cc2)S(=O)(=O)N1. The van der Waals surface area contributed by atoms with E-state index in [1.807, 2.05) is 54.6 Å². The van der Waals surface area contributed by atoms with Crippen LogP contribution < -0.4 is 10.0 Å². The monoisotopic (exact) mass is 537 g/mol. The van der Waals surface area contributed by atoms with E-state index in [0.717, 1.165) is 37.8 Å². The molecule has 3 heterocycles. The van der Waals surface area contributed by atoms with Crippen molar-refractivity contribution in [2.45, 2.75) is 24.1 Å². The lowest BCUT2D eigenvalue weighted by atomic mass is 10.0. The molecule has 0 spiro atoms. The van der Waals surface area contributed by atoms with Crippen molar-refractivity contribution in [1.29, 1.82) is 0 Å². The largest absolute Gasteiger partial charge is 0.351 e. The molecule has 6 rings (SSSR count). The Balaban J connectivity index is 1.31. The number of anilines is 1. The van der Waals surface area contributed by atoms with Gasteiger partial charge in [-0.1, -0.05) is 59.3 Å². The number of carbonyl (C=O) groups is 1. The molecular weight excluding hydrogens is 518 g/mol. The first-order valence-corrected chi connectivity index (χ1v) is 14.0. The van der Waals surface area contributed by atoms with Crippen LogP contribution in [0.4, 0.5) is 5.13 Å². The van der Waals surface area contributed by atoms with Crippen molar-refractivity contribution in [3.8, 4) is 0 Å². The van der Waals surface area contributed by atoms with Crippen molar-refractivity contribution in [3.63, 3.8) is 0 Å². The second-order valence-corrected chi connectivity index (χ2v) is 12.0. The van der Waals surface area contributed by atoms with Crippen LogP contribution in [-0.2, 0) is 21.2 Å². The zero-order valence-electron chi connectivity index (χ0n) is 18.7. The van der Waals surface area contributed by atoms with Gasteiger partial charge in [-0.05, 0) is 47.9 Å². The molecule has 182 valence electrons. The molecule has 1 fully saturated rings. The van der Waals surface area contributed by atoms with Crippen molar-refractivity contribution in [3.05, 3.63) is 88.7 Å². The summed E-state index contributed by atoms with van der Waals surface area (Å²) < 4.78 is 27.6. The number of fused-ring (bicyclic) bond motifs is 2. The summed E-state index contributed by atoms with van der Waals surface area (Å²) in [5.74, 6) is 0.293. The Labute approximate surface area is 215 Å². The lowest BCUT2D eigenvalue weighted by Crippen LogP contribution is -2.21. The number of rotatable bonds is 6. The fourth-order valence-electron chi connectivity index (χ4n) is 4.42. The van der Waals surface area contributed by atoms with Crippen LogP contribution in [0.2, 0.25) is 5.02 Å². The number of amides is 1. The third kappa shape index (κ3) is 4.43. The van der Waals surface area contributed by atoms with Gasteiger partial charge in [-0.25, -0.2) is 18.4 Å². The number of halogens is 1. The number of hydrogen-bond acceptors (Lipinski definition) is 7. The molecule has 11 heteroatoms. The molecule has 1 amide bonds. The number of para-hydroxylation sites is 2. The summed E-state index contributed by atoms with van der Waals surface area (Å²) >= 11 is 7.67. The quantitative estimate of drug-likeness (QED) is 0.277. The van der Waals surface area contributed by atoms with Crippen LogP contribution >= 0.6 is 22.9 Å². The van der Waals surface area contributed by atoms with Crippen molar-refractivity contribution in [1.82, 2.24) is 19.7 Å². The van der Waals surface area contributed by atoms with E-state index >= 15 is 0 Å². The summed E-state index contributed by atoms with van der Waals surface area (Å²) in [7, 11) is -3.68. The van der Waals surface area contributed by atoms with E-state index in [9.17, 15) is 13.2 Å². The zero-order chi connectivity index (χ0) is 24.9. The molecule has 3 aromatic carbocycles. The van der Waals surface area contributed by atoms with E-state index < -0.39 is 21.2 Å². The fourth-order valence-corrected chi connectivity index (χ4v) is 6.91. The van der Waals surface area contributed by atoms with Crippen LogP contribution in [0.15, 0.2) is 66.7 Å². The molecule has 5 aromatic rings. The van der Waals surface area contributed by atoms with E-state index in [0.29, 0.717) is 17.0 Å². The lowest BCUT2D eigenvalue weighted by molar-refractivity contribution is -0.118. The van der Waals surface area contributed by atoms with Gasteiger partial charge < -0.3 is 10.3 Å². The summed E-state index contributed by atoms with van der Waals surface area (Å²) in [5, 5.41) is 4.04. The number of H-pyrrole nitrogens is 1. The van der Waals surface area contributed by atoms with Crippen LogP contribution in [0.3, 0.4) is 0 Å². The molecular formula is C25H20ClN5O3S2. The molecule has 0 bridgehead atoms. The first-order valence-electron chi connectivity index (χ1n) is 11.2. The molecule has 8 nitrogen and oxygen atoms in total. The molecule has 2 aromatic heterocycles. The maximum Gasteiger partial charge on any atom is 0.242 e. The highest BCUT2D eigenvalue weighted by molar-refractivity contribution is 7.90. The predicted octanol–water partition coefficient (Wildman–Crippen LogP) is 5.11. The first kappa shape index (κ1) is 23.0. The molecule has 3 N–H and O–H groups in total. The normalized spacial score (nSPS) is 17.9. The van der Waals surface area contributed by atoms with Gasteiger partial charge >= 0.3 is 0 Å². The molecule has 0 radical (unpaired) electrons. The van der Waals surface area contributed by atoms with E-state index in [1.165, 1.54) is 11.3 Å². The second kappa shape index (κ2) is 8.88. The average Bonchev–Trinajstić information content (AvgIpc) is 3.52. The maximum absolute atomic E-state index is 12.2. The molecule has 1 saturated heterocycles. The van der Waals surface area contributed by atoms with Gasteiger partial charge in [0.1, 0.15) is 11.1 Å². The minimum atomic E-state index is -3.68. The minimum absolute atomic E-state index is 0.0630. The molecule has 1 aliphatic rings. The second-order valence-electron chi connectivity index (χ2n) is 8.68. The minimum Gasteiger partial charge on any atom is -0.351 e. The Bertz CT molecular complexity index is 1680. The van der Waals surface area contributed by atoms with Gasteiger partial charge in [-0.15, -0.1) is 0 Å². The van der Waals surface area contributed by atoms with Gasteiger partial charge in [0.15, 0.2) is 5.13 Å². The third-order valence-electron chi connectivity index (χ3n) is 6.18.